The third-order valence-corrected chi connectivity index (χ3v) is 6.05. The molecular weight excluding hydrogens is 376 g/mol. The lowest BCUT2D eigenvalue weighted by Crippen LogP contribution is -2.40. The first kappa shape index (κ1) is 18.6. The molecule has 2 aromatic rings. The van der Waals surface area contributed by atoms with Crippen molar-refractivity contribution < 1.29 is 19.1 Å². The van der Waals surface area contributed by atoms with Crippen molar-refractivity contribution in [3.05, 3.63) is 52.9 Å². The third-order valence-electron chi connectivity index (χ3n) is 4.84. The van der Waals surface area contributed by atoms with Gasteiger partial charge in [-0.15, -0.1) is 17.9 Å². The van der Waals surface area contributed by atoms with Crippen molar-refractivity contribution >= 4 is 28.2 Å². The summed E-state index contributed by atoms with van der Waals surface area (Å²) in [7, 11) is 0. The van der Waals surface area contributed by atoms with Crippen LogP contribution in [0.3, 0.4) is 0 Å². The van der Waals surface area contributed by atoms with Gasteiger partial charge in [0.15, 0.2) is 11.5 Å². The van der Waals surface area contributed by atoms with E-state index in [4.69, 9.17) is 9.47 Å². The van der Waals surface area contributed by atoms with E-state index in [9.17, 15) is 9.59 Å². The predicted molar refractivity (Wildman–Crippen MR) is 108 cm³/mol. The van der Waals surface area contributed by atoms with E-state index >= 15 is 0 Å². The van der Waals surface area contributed by atoms with Crippen molar-refractivity contribution in [3.8, 4) is 11.5 Å². The number of carbonyl (C=O) groups excluding carboxylic acids is 2. The first-order valence-electron chi connectivity index (χ1n) is 9.40. The smallest absolute Gasteiger partial charge is 0.269 e. The van der Waals surface area contributed by atoms with Crippen LogP contribution in [-0.4, -0.2) is 31.1 Å². The Balaban J connectivity index is 1.55. The fourth-order valence-electron chi connectivity index (χ4n) is 3.49. The Morgan fingerprint density at radius 3 is 2.82 bits per heavy atom. The van der Waals surface area contributed by atoms with Crippen LogP contribution in [0.4, 0.5) is 5.00 Å². The highest BCUT2D eigenvalue weighted by atomic mass is 32.1. The Bertz CT molecular complexity index is 921. The second-order valence-corrected chi connectivity index (χ2v) is 7.87. The zero-order chi connectivity index (χ0) is 19.5. The zero-order valence-corrected chi connectivity index (χ0v) is 16.3. The number of benzene rings is 1. The zero-order valence-electron chi connectivity index (χ0n) is 15.5. The second-order valence-electron chi connectivity index (χ2n) is 6.77. The summed E-state index contributed by atoms with van der Waals surface area (Å²) in [5, 5.41) is 6.33. The summed E-state index contributed by atoms with van der Waals surface area (Å²) in [4.78, 5) is 26.7. The summed E-state index contributed by atoms with van der Waals surface area (Å²) in [6, 6.07) is 7.26. The normalized spacial score (nSPS) is 17.4. The van der Waals surface area contributed by atoms with E-state index in [1.54, 1.807) is 18.2 Å². The van der Waals surface area contributed by atoms with Gasteiger partial charge in [0.1, 0.15) is 11.6 Å². The quantitative estimate of drug-likeness (QED) is 0.758. The maximum absolute atomic E-state index is 12.8. The highest BCUT2D eigenvalue weighted by Gasteiger charge is 2.31. The lowest BCUT2D eigenvalue weighted by Gasteiger charge is -2.25. The number of fused-ring (bicyclic) bond motifs is 2. The van der Waals surface area contributed by atoms with Gasteiger partial charge in [-0.3, -0.25) is 9.59 Å². The van der Waals surface area contributed by atoms with Gasteiger partial charge in [0, 0.05) is 11.4 Å². The van der Waals surface area contributed by atoms with E-state index in [1.165, 1.54) is 16.2 Å². The summed E-state index contributed by atoms with van der Waals surface area (Å²) in [5.74, 6) is 0.678. The van der Waals surface area contributed by atoms with Crippen LogP contribution in [0.2, 0.25) is 0 Å². The maximum Gasteiger partial charge on any atom is 0.269 e. The molecule has 4 rings (SSSR count). The molecule has 2 aliphatic rings. The van der Waals surface area contributed by atoms with Crippen molar-refractivity contribution in [1.29, 1.82) is 0 Å². The van der Waals surface area contributed by atoms with Crippen LogP contribution in [0.15, 0.2) is 36.9 Å². The van der Waals surface area contributed by atoms with Crippen molar-refractivity contribution in [1.82, 2.24) is 5.32 Å². The Kier molecular flexibility index (Phi) is 5.34. The molecule has 0 fully saturated rings. The van der Waals surface area contributed by atoms with Gasteiger partial charge in [-0.05, 0) is 43.4 Å². The molecule has 1 aliphatic heterocycles. The average Bonchev–Trinajstić information content (AvgIpc) is 3.09. The number of aryl methyl sites for hydroxylation is 1. The topological polar surface area (TPSA) is 76.7 Å². The molecule has 2 N–H and O–H groups in total. The molecule has 1 aromatic heterocycles. The summed E-state index contributed by atoms with van der Waals surface area (Å²) in [6.45, 7) is 4.15. The number of carbonyl (C=O) groups is 2. The maximum atomic E-state index is 12.8. The van der Waals surface area contributed by atoms with Crippen LogP contribution in [-0.2, 0) is 17.6 Å². The van der Waals surface area contributed by atoms with E-state index in [0.29, 0.717) is 28.6 Å². The number of ether oxygens (including phenoxy) is 2. The van der Waals surface area contributed by atoms with Gasteiger partial charge in [0.05, 0.1) is 5.56 Å². The molecule has 7 heteroatoms. The largest absolute Gasteiger partial charge is 0.485 e. The van der Waals surface area contributed by atoms with Crippen LogP contribution in [0.5, 0.6) is 11.5 Å². The minimum atomic E-state index is -0.766. The molecule has 1 unspecified atom stereocenters. The summed E-state index contributed by atoms with van der Waals surface area (Å²) in [5.41, 5.74) is 1.63. The molecule has 6 nitrogen and oxygen atoms in total. The lowest BCUT2D eigenvalue weighted by molar-refractivity contribution is -0.125. The van der Waals surface area contributed by atoms with Gasteiger partial charge < -0.3 is 20.1 Å². The molecule has 2 amide bonds. The Labute approximate surface area is 167 Å². The van der Waals surface area contributed by atoms with E-state index in [-0.39, 0.29) is 18.4 Å². The predicted octanol–water partition coefficient (Wildman–Crippen LogP) is 3.32. The molecule has 2 heterocycles. The molecule has 146 valence electrons. The Hall–Kier alpha value is -2.80. The molecule has 1 aromatic carbocycles. The minimum Gasteiger partial charge on any atom is -0.485 e. The van der Waals surface area contributed by atoms with E-state index in [2.05, 4.69) is 17.2 Å². The lowest BCUT2D eigenvalue weighted by atomic mass is 9.95. The van der Waals surface area contributed by atoms with Gasteiger partial charge >= 0.3 is 0 Å². The fraction of sp³-hybridized carbons (Fsp3) is 0.333. The number of para-hydroxylation sites is 2. The monoisotopic (exact) mass is 398 g/mol. The van der Waals surface area contributed by atoms with E-state index in [1.807, 2.05) is 12.1 Å². The van der Waals surface area contributed by atoms with E-state index < -0.39 is 6.10 Å². The summed E-state index contributed by atoms with van der Waals surface area (Å²) >= 11 is 1.49. The molecule has 0 saturated heterocycles. The summed E-state index contributed by atoms with van der Waals surface area (Å²) in [6.07, 6.45) is 4.82. The van der Waals surface area contributed by atoms with Crippen molar-refractivity contribution in [2.45, 2.75) is 31.8 Å². The SMILES string of the molecule is C=CCNC(=O)c1c(NC(=O)C2COc3ccccc3O2)sc2c1CCCC2. The van der Waals surface area contributed by atoms with Crippen molar-refractivity contribution in [2.75, 3.05) is 18.5 Å². The highest BCUT2D eigenvalue weighted by Crippen LogP contribution is 2.38. The number of nitrogens with one attached hydrogen (secondary N) is 2. The van der Waals surface area contributed by atoms with Gasteiger partial charge in [0.2, 0.25) is 6.10 Å². The van der Waals surface area contributed by atoms with Crippen LogP contribution >= 0.6 is 11.3 Å². The standard InChI is InChI=1S/C21H22N2O4S/c1-2-11-22-20(25)18-13-7-3-6-10-17(13)28-21(18)23-19(24)16-12-26-14-8-4-5-9-15(14)27-16/h2,4-5,8-9,16H,1,3,6-7,10-12H2,(H,22,25)(H,23,24). The molecule has 28 heavy (non-hydrogen) atoms. The summed E-state index contributed by atoms with van der Waals surface area (Å²) < 4.78 is 11.4. The van der Waals surface area contributed by atoms with Crippen molar-refractivity contribution in [3.63, 3.8) is 0 Å². The number of thiophene rings is 1. The first-order valence-corrected chi connectivity index (χ1v) is 10.2. The van der Waals surface area contributed by atoms with Gasteiger partial charge in [0.25, 0.3) is 11.8 Å². The molecule has 1 atom stereocenters. The average molecular weight is 398 g/mol. The van der Waals surface area contributed by atoms with Crippen LogP contribution in [0, 0.1) is 0 Å². The molecule has 0 radical (unpaired) electrons. The Morgan fingerprint density at radius 1 is 1.21 bits per heavy atom. The second kappa shape index (κ2) is 8.06. The number of anilines is 1. The number of hydrogen-bond acceptors (Lipinski definition) is 5. The van der Waals surface area contributed by atoms with Crippen LogP contribution in [0.1, 0.15) is 33.6 Å². The van der Waals surface area contributed by atoms with Crippen LogP contribution in [0.25, 0.3) is 0 Å². The van der Waals surface area contributed by atoms with Crippen molar-refractivity contribution in [2.24, 2.45) is 0 Å². The van der Waals surface area contributed by atoms with Gasteiger partial charge in [-0.2, -0.15) is 0 Å². The highest BCUT2D eigenvalue weighted by molar-refractivity contribution is 7.17. The van der Waals surface area contributed by atoms with Gasteiger partial charge in [-0.25, -0.2) is 0 Å². The number of amides is 2. The molecule has 0 saturated carbocycles. The molecule has 0 spiro atoms. The molecule has 0 bridgehead atoms. The van der Waals surface area contributed by atoms with Gasteiger partial charge in [-0.1, -0.05) is 18.2 Å². The third kappa shape index (κ3) is 3.62. The molecule has 1 aliphatic carbocycles. The minimum absolute atomic E-state index is 0.131. The van der Waals surface area contributed by atoms with Crippen LogP contribution < -0.4 is 20.1 Å². The first-order chi connectivity index (χ1) is 13.7. The Morgan fingerprint density at radius 2 is 2.00 bits per heavy atom. The number of hydrogen-bond donors (Lipinski definition) is 2. The fourth-order valence-corrected chi connectivity index (χ4v) is 4.78. The van der Waals surface area contributed by atoms with E-state index in [0.717, 1.165) is 31.2 Å². The number of rotatable bonds is 5. The molecular formula is C21H22N2O4S.